The van der Waals surface area contributed by atoms with Gasteiger partial charge in [-0.15, -0.1) is 0 Å². The summed E-state index contributed by atoms with van der Waals surface area (Å²) in [6, 6.07) is -0.561. The second-order valence-electron chi connectivity index (χ2n) is 17.8. The van der Waals surface area contributed by atoms with Gasteiger partial charge >= 0.3 is 5.97 Å². The van der Waals surface area contributed by atoms with E-state index in [4.69, 9.17) is 4.74 Å². The molecule has 1 amide bonds. The molecule has 0 aromatic heterocycles. The first-order valence-electron chi connectivity index (χ1n) is 26.1. The first kappa shape index (κ1) is 57.3. The van der Waals surface area contributed by atoms with Crippen molar-refractivity contribution in [2.24, 2.45) is 0 Å². The van der Waals surface area contributed by atoms with Crippen LogP contribution in [0.25, 0.3) is 0 Å². The highest BCUT2D eigenvalue weighted by Gasteiger charge is 2.20. The topological polar surface area (TPSA) is 95.9 Å². The van der Waals surface area contributed by atoms with Gasteiger partial charge in [0.2, 0.25) is 5.91 Å². The number of carbonyl (C=O) groups is 2. The van der Waals surface area contributed by atoms with E-state index in [1.807, 2.05) is 0 Å². The van der Waals surface area contributed by atoms with Crippen LogP contribution in [0.5, 0.6) is 0 Å². The van der Waals surface area contributed by atoms with Crippen LogP contribution in [0, 0.1) is 0 Å². The fourth-order valence-electron chi connectivity index (χ4n) is 7.92. The van der Waals surface area contributed by atoms with Crippen LogP contribution in [-0.2, 0) is 14.3 Å². The van der Waals surface area contributed by atoms with Gasteiger partial charge in [-0.05, 0) is 77.0 Å². The molecule has 0 aliphatic carbocycles. The fraction of sp³-hybridized carbons (Fsp3) is 0.887. The Morgan fingerprint density at radius 1 is 0.458 bits per heavy atom. The Kier molecular flexibility index (Phi) is 47.6. The number of carbonyl (C=O) groups excluding carboxylic acids is 2. The minimum Gasteiger partial charge on any atom is -0.466 e. The van der Waals surface area contributed by atoms with E-state index in [0.717, 1.165) is 70.6 Å². The number of hydrogen-bond donors (Lipinski definition) is 3. The largest absolute Gasteiger partial charge is 0.466 e. The van der Waals surface area contributed by atoms with Crippen molar-refractivity contribution in [1.82, 2.24) is 5.32 Å². The minimum atomic E-state index is -0.680. The van der Waals surface area contributed by atoms with Crippen molar-refractivity contribution in [3.63, 3.8) is 0 Å². The highest BCUT2D eigenvalue weighted by molar-refractivity contribution is 5.76. The van der Waals surface area contributed by atoms with Gasteiger partial charge < -0.3 is 20.3 Å². The van der Waals surface area contributed by atoms with Gasteiger partial charge in [-0.3, -0.25) is 9.59 Å². The molecule has 0 aromatic carbocycles. The Morgan fingerprint density at radius 3 is 1.22 bits per heavy atom. The number of allylic oxidation sites excluding steroid dienone is 4. The predicted molar refractivity (Wildman–Crippen MR) is 255 cm³/mol. The second kappa shape index (κ2) is 49.0. The smallest absolute Gasteiger partial charge is 0.305 e. The lowest BCUT2D eigenvalue weighted by molar-refractivity contribution is -0.143. The van der Waals surface area contributed by atoms with Crippen LogP contribution in [0.4, 0.5) is 0 Å². The number of nitrogens with one attached hydrogen (secondary N) is 1. The lowest BCUT2D eigenvalue weighted by Gasteiger charge is -2.22. The Balaban J connectivity index is 3.49. The third kappa shape index (κ3) is 45.7. The van der Waals surface area contributed by atoms with Crippen molar-refractivity contribution in [1.29, 1.82) is 0 Å². The number of aliphatic hydroxyl groups excluding tert-OH is 2. The zero-order valence-corrected chi connectivity index (χ0v) is 39.5. The molecule has 6 nitrogen and oxygen atoms in total. The van der Waals surface area contributed by atoms with Crippen molar-refractivity contribution in [2.75, 3.05) is 13.2 Å². The molecule has 0 spiro atoms. The van der Waals surface area contributed by atoms with E-state index < -0.39 is 12.1 Å². The summed E-state index contributed by atoms with van der Waals surface area (Å²) in [7, 11) is 0. The number of esters is 1. The average Bonchev–Trinajstić information content (AvgIpc) is 3.24. The number of rotatable bonds is 48. The summed E-state index contributed by atoms with van der Waals surface area (Å²) >= 11 is 0. The van der Waals surface area contributed by atoms with Gasteiger partial charge in [0, 0.05) is 12.8 Å². The summed E-state index contributed by atoms with van der Waals surface area (Å²) in [6.07, 6.45) is 57.2. The maximum atomic E-state index is 12.4. The Morgan fingerprint density at radius 2 is 0.797 bits per heavy atom. The van der Waals surface area contributed by atoms with Gasteiger partial charge in [0.15, 0.2) is 0 Å². The van der Waals surface area contributed by atoms with Crippen LogP contribution in [0.1, 0.15) is 277 Å². The number of amides is 1. The third-order valence-electron chi connectivity index (χ3n) is 12.0. The Bertz CT molecular complexity index is 920. The van der Waals surface area contributed by atoms with Crippen LogP contribution >= 0.6 is 0 Å². The summed E-state index contributed by atoms with van der Waals surface area (Å²) in [5.74, 6) is -0.0857. The summed E-state index contributed by atoms with van der Waals surface area (Å²) in [6.45, 7) is 4.90. The van der Waals surface area contributed by atoms with Gasteiger partial charge in [-0.1, -0.05) is 212 Å². The maximum absolute atomic E-state index is 12.4. The second-order valence-corrected chi connectivity index (χ2v) is 17.8. The summed E-state index contributed by atoms with van der Waals surface area (Å²) in [5, 5.41) is 23.2. The number of ether oxygens (including phenoxy) is 1. The van der Waals surface area contributed by atoms with E-state index in [9.17, 15) is 19.8 Å². The molecule has 2 atom stereocenters. The minimum absolute atomic E-state index is 0.0201. The van der Waals surface area contributed by atoms with E-state index >= 15 is 0 Å². The number of hydrogen-bond acceptors (Lipinski definition) is 5. The molecule has 0 aliphatic rings. The fourth-order valence-corrected chi connectivity index (χ4v) is 7.92. The number of unbranched alkanes of at least 4 members (excludes halogenated alkanes) is 33. The van der Waals surface area contributed by atoms with Crippen LogP contribution in [0.15, 0.2) is 24.3 Å². The molecule has 0 saturated heterocycles. The van der Waals surface area contributed by atoms with Gasteiger partial charge in [0.05, 0.1) is 25.4 Å². The highest BCUT2D eigenvalue weighted by atomic mass is 16.5. The first-order chi connectivity index (χ1) is 29.0. The Labute approximate surface area is 367 Å². The molecule has 3 N–H and O–H groups in total. The van der Waals surface area contributed by atoms with Gasteiger partial charge in [-0.2, -0.15) is 0 Å². The lowest BCUT2D eigenvalue weighted by Crippen LogP contribution is -2.45. The molecular weight excluding hydrogens is 731 g/mol. The van der Waals surface area contributed by atoms with Crippen LogP contribution in [0.3, 0.4) is 0 Å². The number of aliphatic hydroxyl groups is 2. The molecule has 348 valence electrons. The van der Waals surface area contributed by atoms with Crippen molar-refractivity contribution < 1.29 is 24.5 Å². The predicted octanol–water partition coefficient (Wildman–Crippen LogP) is 15.5. The molecule has 59 heavy (non-hydrogen) atoms. The molecule has 6 heteroatoms. The quantitative estimate of drug-likeness (QED) is 0.0322. The zero-order valence-electron chi connectivity index (χ0n) is 39.5. The van der Waals surface area contributed by atoms with E-state index in [2.05, 4.69) is 43.5 Å². The highest BCUT2D eigenvalue weighted by Crippen LogP contribution is 2.16. The van der Waals surface area contributed by atoms with E-state index in [0.29, 0.717) is 25.9 Å². The zero-order chi connectivity index (χ0) is 43.0. The molecular formula is C53H101NO5. The maximum Gasteiger partial charge on any atom is 0.305 e. The van der Waals surface area contributed by atoms with Gasteiger partial charge in [0.1, 0.15) is 0 Å². The van der Waals surface area contributed by atoms with Crippen LogP contribution in [-0.4, -0.2) is 47.4 Å². The molecule has 0 aliphatic heterocycles. The van der Waals surface area contributed by atoms with Crippen molar-refractivity contribution in [2.45, 2.75) is 289 Å². The Hall–Kier alpha value is -1.66. The van der Waals surface area contributed by atoms with Crippen molar-refractivity contribution >= 4 is 11.9 Å². The molecule has 0 rings (SSSR count). The molecule has 0 aromatic rings. The summed E-state index contributed by atoms with van der Waals surface area (Å²) in [5.41, 5.74) is 0. The monoisotopic (exact) mass is 832 g/mol. The van der Waals surface area contributed by atoms with E-state index in [1.54, 1.807) is 0 Å². The van der Waals surface area contributed by atoms with Crippen molar-refractivity contribution in [3.05, 3.63) is 24.3 Å². The average molecular weight is 832 g/mol. The van der Waals surface area contributed by atoms with Crippen molar-refractivity contribution in [3.8, 4) is 0 Å². The summed E-state index contributed by atoms with van der Waals surface area (Å²) < 4.78 is 5.46. The van der Waals surface area contributed by atoms with E-state index in [1.165, 1.54) is 173 Å². The molecule has 0 bridgehead atoms. The molecule has 0 fully saturated rings. The van der Waals surface area contributed by atoms with Crippen LogP contribution in [0.2, 0.25) is 0 Å². The van der Waals surface area contributed by atoms with Gasteiger partial charge in [-0.25, -0.2) is 0 Å². The molecule has 2 unspecified atom stereocenters. The molecule has 0 radical (unpaired) electrons. The normalized spacial score (nSPS) is 12.8. The van der Waals surface area contributed by atoms with Gasteiger partial charge in [0.25, 0.3) is 0 Å². The lowest BCUT2D eigenvalue weighted by atomic mass is 10.0. The SMILES string of the molecule is CCCCCCCCC/C=C\CCCCCCCC(=O)OCCCCCCCC/C=C\CCCCCC(=O)NC(CO)C(O)CCCCCCCCCCCCCCC. The van der Waals surface area contributed by atoms with Crippen LogP contribution < -0.4 is 5.32 Å². The standard InChI is InChI=1S/C53H101NO5/c1-3-5-7-9-11-13-15-17-18-19-23-27-31-35-39-43-47-53(58)59-48-44-40-36-32-28-24-20-22-26-30-34-38-42-46-52(57)54-50(49-55)51(56)45-41-37-33-29-25-21-16-14-12-10-8-6-4-2/h18-19,22,26,50-51,55-56H,3-17,20-21,23-25,27-49H2,1-2H3,(H,54,57)/b19-18-,26-22-. The third-order valence-corrected chi connectivity index (χ3v) is 12.0. The molecule has 0 heterocycles. The van der Waals surface area contributed by atoms with E-state index in [-0.39, 0.29) is 18.5 Å². The first-order valence-corrected chi connectivity index (χ1v) is 26.1. The molecule has 0 saturated carbocycles. The summed E-state index contributed by atoms with van der Waals surface area (Å²) in [4.78, 5) is 24.5.